The van der Waals surface area contributed by atoms with Gasteiger partial charge in [-0.25, -0.2) is 0 Å². The number of rotatable bonds is 0. The van der Waals surface area contributed by atoms with Crippen molar-refractivity contribution >= 4 is 61.8 Å². The fraction of sp³-hybridized carbons (Fsp3) is 0.500. The second-order valence-electron chi connectivity index (χ2n) is 5.24. The van der Waals surface area contributed by atoms with Gasteiger partial charge in [-0.05, 0) is 0 Å². The van der Waals surface area contributed by atoms with E-state index >= 15 is 0 Å². The van der Waals surface area contributed by atoms with Gasteiger partial charge < -0.3 is 0 Å². The van der Waals surface area contributed by atoms with Gasteiger partial charge in [0.2, 0.25) is 0 Å². The van der Waals surface area contributed by atoms with E-state index in [1.807, 2.05) is 0 Å². The summed E-state index contributed by atoms with van der Waals surface area (Å²) in [6, 6.07) is 0. The Labute approximate surface area is 142 Å². The first-order valence-electron chi connectivity index (χ1n) is 6.22. The third-order valence-corrected chi connectivity index (χ3v) is 9.70. The molecule has 2 spiro atoms. The molecular formula is C8H4O12P2S2-2. The van der Waals surface area contributed by atoms with Gasteiger partial charge in [-0.3, -0.25) is 0 Å². The molecule has 132 valence electrons. The zero-order valence-corrected chi connectivity index (χ0v) is 14.3. The quantitative estimate of drug-likeness (QED) is 0.355. The Balaban J connectivity index is 1.72. The molecule has 5 aliphatic rings. The molecule has 0 aromatic rings. The van der Waals surface area contributed by atoms with E-state index in [1.165, 1.54) is 0 Å². The number of hydrogen-bond acceptors (Lipinski definition) is 14. The standard InChI is InChI=1S/C8H4O12P2S2/c9-5-1-2-6(10)18-22(24,14-2)16-4(8(12)20-22)3-7(11)19-21(23,13-1,15-3)17-5/h1-4H/q-2. The zero-order valence-electron chi connectivity index (χ0n) is 10.9. The van der Waals surface area contributed by atoms with Crippen molar-refractivity contribution in [3.63, 3.8) is 0 Å². The molecule has 0 amide bonds. The van der Waals surface area contributed by atoms with Crippen molar-refractivity contribution in [2.75, 3.05) is 0 Å². The Bertz CT molecular complexity index is 659. The molecule has 5 fully saturated rings. The summed E-state index contributed by atoms with van der Waals surface area (Å²) in [6.45, 7) is -10.2. The van der Waals surface area contributed by atoms with E-state index in [2.05, 4.69) is 0 Å². The van der Waals surface area contributed by atoms with Gasteiger partial charge in [0.15, 0.2) is 0 Å². The molecule has 5 rings (SSSR count). The third kappa shape index (κ3) is 1.72. The fourth-order valence-corrected chi connectivity index (χ4v) is 9.06. The third-order valence-electron chi connectivity index (χ3n) is 3.58. The van der Waals surface area contributed by atoms with Crippen molar-refractivity contribution in [1.82, 2.24) is 0 Å². The first-order valence-corrected chi connectivity index (χ1v) is 12.1. The SMILES string of the molecule is O=C1OP23([S-])OC(=O)C(O2)C2OP4([S-])(OC(=O)C(O4)C1O3)OC2=O. The summed E-state index contributed by atoms with van der Waals surface area (Å²) in [4.78, 5) is 48.3. The van der Waals surface area contributed by atoms with Gasteiger partial charge in [0.25, 0.3) is 0 Å². The Hall–Kier alpha value is -0.720. The van der Waals surface area contributed by atoms with Gasteiger partial charge in [-0.2, -0.15) is 0 Å². The molecule has 16 heteroatoms. The molecular weight excluding hydrogens is 414 g/mol. The summed E-state index contributed by atoms with van der Waals surface area (Å²) in [6.07, 6.45) is -7.16. The van der Waals surface area contributed by atoms with Gasteiger partial charge in [0.05, 0.1) is 0 Å². The maximum absolute atomic E-state index is 12.1. The summed E-state index contributed by atoms with van der Waals surface area (Å²) in [5.41, 5.74) is 0. The second-order valence-corrected chi connectivity index (χ2v) is 13.4. The Kier molecular flexibility index (Phi) is 2.48. The number of carbonyl (C=O) groups is 4. The molecule has 0 radical (unpaired) electrons. The van der Waals surface area contributed by atoms with Crippen LogP contribution in [0.4, 0.5) is 0 Å². The van der Waals surface area contributed by atoms with Crippen LogP contribution >= 0.6 is 13.4 Å². The Morgan fingerprint density at radius 1 is 0.542 bits per heavy atom. The summed E-state index contributed by atoms with van der Waals surface area (Å²) >= 11 is 10.0. The zero-order chi connectivity index (χ0) is 17.2. The van der Waals surface area contributed by atoms with Crippen molar-refractivity contribution in [2.24, 2.45) is 0 Å². The van der Waals surface area contributed by atoms with E-state index < -0.39 is 61.7 Å². The molecule has 0 aliphatic carbocycles. The Morgan fingerprint density at radius 2 is 0.750 bits per heavy atom. The van der Waals surface area contributed by atoms with E-state index in [0.29, 0.717) is 0 Å². The van der Waals surface area contributed by atoms with Crippen LogP contribution in [-0.2, 0) is 79.9 Å². The van der Waals surface area contributed by atoms with Crippen LogP contribution < -0.4 is 0 Å². The molecule has 24 heavy (non-hydrogen) atoms. The average molecular weight is 418 g/mol. The molecule has 4 atom stereocenters. The topological polar surface area (TPSA) is 142 Å². The van der Waals surface area contributed by atoms with Crippen LogP contribution in [0.2, 0.25) is 0 Å². The molecule has 0 N–H and O–H groups in total. The van der Waals surface area contributed by atoms with E-state index in [-0.39, 0.29) is 0 Å². The van der Waals surface area contributed by atoms with Gasteiger partial charge in [-0.1, -0.05) is 0 Å². The van der Waals surface area contributed by atoms with Crippen LogP contribution in [0.25, 0.3) is 0 Å². The van der Waals surface area contributed by atoms with Crippen LogP contribution in [0.15, 0.2) is 0 Å². The molecule has 4 unspecified atom stereocenters. The minimum absolute atomic E-state index is 1.18. The van der Waals surface area contributed by atoms with Crippen LogP contribution in [0.3, 0.4) is 0 Å². The first-order chi connectivity index (χ1) is 11.0. The van der Waals surface area contributed by atoms with Crippen molar-refractivity contribution in [1.29, 1.82) is 0 Å². The van der Waals surface area contributed by atoms with Crippen LogP contribution in [0.5, 0.6) is 0 Å². The summed E-state index contributed by atoms with van der Waals surface area (Å²) < 4.78 is 40.4. The maximum atomic E-state index is 12.1. The van der Waals surface area contributed by atoms with Gasteiger partial charge >= 0.3 is 142 Å². The van der Waals surface area contributed by atoms with E-state index in [9.17, 15) is 19.2 Å². The number of fused-ring (bicyclic) bond motifs is 6. The van der Waals surface area contributed by atoms with Gasteiger partial charge in [0.1, 0.15) is 0 Å². The van der Waals surface area contributed by atoms with Crippen LogP contribution in [0.1, 0.15) is 0 Å². The number of carbonyl (C=O) groups excluding carboxylic acids is 4. The van der Waals surface area contributed by atoms with E-state index in [4.69, 9.17) is 60.7 Å². The molecule has 6 bridgehead atoms. The predicted octanol–water partition coefficient (Wildman–Crippen LogP) is -0.882. The monoisotopic (exact) mass is 418 g/mol. The molecule has 5 aliphatic heterocycles. The second kappa shape index (κ2) is 3.84. The van der Waals surface area contributed by atoms with Crippen LogP contribution in [0, 0.1) is 0 Å². The van der Waals surface area contributed by atoms with Crippen molar-refractivity contribution < 1.29 is 55.4 Å². The molecule has 12 nitrogen and oxygen atoms in total. The molecule has 0 aromatic heterocycles. The van der Waals surface area contributed by atoms with E-state index in [0.717, 1.165) is 0 Å². The summed E-state index contributed by atoms with van der Waals surface area (Å²) in [5, 5.41) is 0. The van der Waals surface area contributed by atoms with Gasteiger partial charge in [0, 0.05) is 0 Å². The van der Waals surface area contributed by atoms with Crippen molar-refractivity contribution in [2.45, 2.75) is 24.4 Å². The molecule has 5 heterocycles. The predicted molar refractivity (Wildman–Crippen MR) is 72.4 cm³/mol. The van der Waals surface area contributed by atoms with E-state index in [1.54, 1.807) is 0 Å². The first kappa shape index (κ1) is 15.5. The summed E-state index contributed by atoms with van der Waals surface area (Å²) in [5.74, 6) is -4.70. The van der Waals surface area contributed by atoms with Crippen molar-refractivity contribution in [3.8, 4) is 0 Å². The fourth-order valence-electron chi connectivity index (χ4n) is 2.68. The summed E-state index contributed by atoms with van der Waals surface area (Å²) in [7, 11) is 0. The van der Waals surface area contributed by atoms with Crippen LogP contribution in [-0.4, -0.2) is 48.3 Å². The molecule has 0 aromatic carbocycles. The Morgan fingerprint density at radius 3 is 0.958 bits per heavy atom. The van der Waals surface area contributed by atoms with Crippen molar-refractivity contribution in [3.05, 3.63) is 0 Å². The normalized spacial score (nSPS) is 47.9. The molecule has 5 saturated heterocycles. The minimum atomic E-state index is -5.11. The molecule has 0 saturated carbocycles. The van der Waals surface area contributed by atoms with Gasteiger partial charge in [-0.15, -0.1) is 0 Å². The average Bonchev–Trinajstić information content (AvgIpc) is 3.04. The number of hydrogen-bond donors (Lipinski definition) is 0.